The summed E-state index contributed by atoms with van der Waals surface area (Å²) in [6.45, 7) is 1.90. The highest BCUT2D eigenvalue weighted by Gasteiger charge is 2.34. The van der Waals surface area contributed by atoms with Gasteiger partial charge in [0.15, 0.2) is 5.69 Å². The normalized spacial score (nSPS) is 13.2. The first-order valence-corrected chi connectivity index (χ1v) is 6.83. The zero-order chi connectivity index (χ0) is 14.6. The summed E-state index contributed by atoms with van der Waals surface area (Å²) in [7, 11) is 1.68. The predicted molar refractivity (Wildman–Crippen MR) is 71.1 cm³/mol. The summed E-state index contributed by atoms with van der Waals surface area (Å²) in [5.74, 6) is 5.79. The van der Waals surface area contributed by atoms with E-state index in [0.717, 1.165) is 11.8 Å². The van der Waals surface area contributed by atoms with Gasteiger partial charge in [-0.2, -0.15) is 29.9 Å². The van der Waals surface area contributed by atoms with E-state index in [-0.39, 0.29) is 17.8 Å². The molecule has 0 aliphatic rings. The second kappa shape index (κ2) is 6.29. The molecular formula is C10H16F3N5S. The van der Waals surface area contributed by atoms with Crippen molar-refractivity contribution >= 4 is 23.5 Å². The van der Waals surface area contributed by atoms with Crippen LogP contribution in [0.3, 0.4) is 0 Å². The maximum atomic E-state index is 12.7. The smallest absolute Gasteiger partial charge is 0.356 e. The van der Waals surface area contributed by atoms with Crippen LogP contribution in [0.1, 0.15) is 12.6 Å². The van der Waals surface area contributed by atoms with Gasteiger partial charge in [0.1, 0.15) is 5.82 Å². The van der Waals surface area contributed by atoms with Crippen LogP contribution in [0, 0.1) is 0 Å². The number of thioether (sulfide) groups is 1. The standard InChI is InChI=1S/C10H16F3N5S/c1-6(5-19-3)18(2)8-4-7(10(11,12)13)15-9(16-8)17-14/h4,6H,5,14H2,1-3H3,(H,15,16,17). The fourth-order valence-electron chi connectivity index (χ4n) is 1.40. The second-order valence-electron chi connectivity index (χ2n) is 3.99. The van der Waals surface area contributed by atoms with Crippen molar-refractivity contribution in [3.63, 3.8) is 0 Å². The third-order valence-corrected chi connectivity index (χ3v) is 3.38. The molecule has 1 rings (SSSR count). The van der Waals surface area contributed by atoms with Gasteiger partial charge in [-0.1, -0.05) is 0 Å². The van der Waals surface area contributed by atoms with Gasteiger partial charge in [-0.25, -0.2) is 10.8 Å². The van der Waals surface area contributed by atoms with Gasteiger partial charge in [-0.3, -0.25) is 5.43 Å². The minimum absolute atomic E-state index is 0.0385. The van der Waals surface area contributed by atoms with E-state index < -0.39 is 11.9 Å². The molecule has 9 heteroatoms. The average Bonchev–Trinajstić information content (AvgIpc) is 2.36. The van der Waals surface area contributed by atoms with Crippen molar-refractivity contribution in [2.45, 2.75) is 19.1 Å². The topological polar surface area (TPSA) is 67.1 Å². The van der Waals surface area contributed by atoms with Crippen LogP contribution in [-0.2, 0) is 6.18 Å². The van der Waals surface area contributed by atoms with Gasteiger partial charge < -0.3 is 4.90 Å². The Balaban J connectivity index is 3.13. The molecule has 0 aliphatic heterocycles. The van der Waals surface area contributed by atoms with Crippen LogP contribution in [0.25, 0.3) is 0 Å². The summed E-state index contributed by atoms with van der Waals surface area (Å²) in [5, 5.41) is 0. The number of nitrogen functional groups attached to an aromatic ring is 1. The summed E-state index contributed by atoms with van der Waals surface area (Å²) < 4.78 is 38.1. The largest absolute Gasteiger partial charge is 0.433 e. The van der Waals surface area contributed by atoms with E-state index in [4.69, 9.17) is 5.84 Å². The number of aromatic nitrogens is 2. The number of nitrogens with zero attached hydrogens (tertiary/aromatic N) is 3. The number of hydrogen-bond donors (Lipinski definition) is 2. The molecule has 1 atom stereocenters. The van der Waals surface area contributed by atoms with Gasteiger partial charge in [-0.05, 0) is 13.2 Å². The molecule has 0 fully saturated rings. The lowest BCUT2D eigenvalue weighted by atomic mass is 10.3. The average molecular weight is 295 g/mol. The van der Waals surface area contributed by atoms with Crippen LogP contribution < -0.4 is 16.2 Å². The molecule has 0 bridgehead atoms. The number of alkyl halides is 3. The zero-order valence-electron chi connectivity index (χ0n) is 10.8. The number of hydrazine groups is 1. The first-order chi connectivity index (χ1) is 8.79. The van der Waals surface area contributed by atoms with Crippen LogP contribution in [-0.4, -0.2) is 35.1 Å². The molecule has 0 saturated carbocycles. The van der Waals surface area contributed by atoms with Crippen molar-refractivity contribution < 1.29 is 13.2 Å². The van der Waals surface area contributed by atoms with E-state index in [1.165, 1.54) is 0 Å². The molecule has 0 radical (unpaired) electrons. The van der Waals surface area contributed by atoms with E-state index in [9.17, 15) is 13.2 Å². The zero-order valence-corrected chi connectivity index (χ0v) is 11.6. The van der Waals surface area contributed by atoms with Crippen molar-refractivity contribution in [3.8, 4) is 0 Å². The third-order valence-electron chi connectivity index (χ3n) is 2.56. The Bertz CT molecular complexity index is 426. The van der Waals surface area contributed by atoms with Crippen LogP contribution in [0.15, 0.2) is 6.07 Å². The third kappa shape index (κ3) is 4.13. The summed E-state index contributed by atoms with van der Waals surface area (Å²) in [5.41, 5.74) is 1.03. The molecule has 1 aromatic rings. The molecule has 1 heterocycles. The maximum absolute atomic E-state index is 12.7. The highest BCUT2D eigenvalue weighted by molar-refractivity contribution is 7.98. The Labute approximate surface area is 113 Å². The lowest BCUT2D eigenvalue weighted by Crippen LogP contribution is -2.32. The van der Waals surface area contributed by atoms with Gasteiger partial charge in [0.2, 0.25) is 5.95 Å². The lowest BCUT2D eigenvalue weighted by molar-refractivity contribution is -0.141. The van der Waals surface area contributed by atoms with Gasteiger partial charge in [0.25, 0.3) is 0 Å². The fraction of sp³-hybridized carbons (Fsp3) is 0.600. The van der Waals surface area contributed by atoms with E-state index in [1.54, 1.807) is 23.7 Å². The second-order valence-corrected chi connectivity index (χ2v) is 4.90. The molecule has 19 heavy (non-hydrogen) atoms. The van der Waals surface area contributed by atoms with Crippen molar-refractivity contribution in [1.82, 2.24) is 9.97 Å². The van der Waals surface area contributed by atoms with Gasteiger partial charge in [0, 0.05) is 24.9 Å². The number of rotatable bonds is 5. The highest BCUT2D eigenvalue weighted by Crippen LogP contribution is 2.30. The number of hydrogen-bond acceptors (Lipinski definition) is 6. The van der Waals surface area contributed by atoms with E-state index in [2.05, 4.69) is 15.4 Å². The van der Waals surface area contributed by atoms with Crippen molar-refractivity contribution in [1.29, 1.82) is 0 Å². The van der Waals surface area contributed by atoms with Gasteiger partial charge >= 0.3 is 6.18 Å². The summed E-state index contributed by atoms with van der Waals surface area (Å²) in [4.78, 5) is 8.91. The van der Waals surface area contributed by atoms with Crippen molar-refractivity contribution in [2.24, 2.45) is 5.84 Å². The molecule has 1 aromatic heterocycles. The minimum atomic E-state index is -4.53. The molecule has 0 amide bonds. The molecule has 0 saturated heterocycles. The Morgan fingerprint density at radius 3 is 2.58 bits per heavy atom. The molecule has 1 unspecified atom stereocenters. The monoisotopic (exact) mass is 295 g/mol. The quantitative estimate of drug-likeness (QED) is 0.639. The maximum Gasteiger partial charge on any atom is 0.433 e. The first-order valence-electron chi connectivity index (χ1n) is 5.44. The first kappa shape index (κ1) is 15.8. The summed E-state index contributed by atoms with van der Waals surface area (Å²) >= 11 is 1.60. The molecule has 0 aromatic carbocycles. The van der Waals surface area contributed by atoms with Gasteiger partial charge in [-0.15, -0.1) is 0 Å². The molecule has 0 spiro atoms. The lowest BCUT2D eigenvalue weighted by Gasteiger charge is -2.26. The molecule has 0 aliphatic carbocycles. The van der Waals surface area contributed by atoms with Crippen molar-refractivity contribution in [3.05, 3.63) is 11.8 Å². The Hall–Kier alpha value is -1.22. The number of nitrogens with two attached hydrogens (primary N) is 1. The Morgan fingerprint density at radius 1 is 1.47 bits per heavy atom. The number of halogens is 3. The fourth-order valence-corrected chi connectivity index (χ4v) is 2.11. The number of nitrogens with one attached hydrogen (secondary N) is 1. The van der Waals surface area contributed by atoms with Crippen molar-refractivity contribution in [2.75, 3.05) is 29.4 Å². The Kier molecular flexibility index (Phi) is 5.24. The SMILES string of the molecule is CSCC(C)N(C)c1cc(C(F)(F)F)nc(NN)n1. The molecule has 108 valence electrons. The molecule has 5 nitrogen and oxygen atoms in total. The van der Waals surface area contributed by atoms with Crippen LogP contribution >= 0.6 is 11.8 Å². The highest BCUT2D eigenvalue weighted by atomic mass is 32.2. The van der Waals surface area contributed by atoms with E-state index >= 15 is 0 Å². The minimum Gasteiger partial charge on any atom is -0.356 e. The van der Waals surface area contributed by atoms with Crippen LogP contribution in [0.5, 0.6) is 0 Å². The van der Waals surface area contributed by atoms with E-state index in [0.29, 0.717) is 0 Å². The van der Waals surface area contributed by atoms with Crippen LogP contribution in [0.2, 0.25) is 0 Å². The molecular weight excluding hydrogens is 279 g/mol. The Morgan fingerprint density at radius 2 is 2.11 bits per heavy atom. The van der Waals surface area contributed by atoms with E-state index in [1.807, 2.05) is 13.2 Å². The van der Waals surface area contributed by atoms with Crippen LogP contribution in [0.4, 0.5) is 24.9 Å². The number of anilines is 2. The predicted octanol–water partition coefficient (Wildman–Crippen LogP) is 1.97. The molecule has 3 N–H and O–H groups in total. The van der Waals surface area contributed by atoms with Gasteiger partial charge in [0.05, 0.1) is 0 Å². The summed E-state index contributed by atoms with van der Waals surface area (Å²) in [6.07, 6.45) is -2.61. The summed E-state index contributed by atoms with van der Waals surface area (Å²) in [6, 6.07) is 0.953.